The number of aromatic nitrogens is 7. The molecule has 27 heavy (non-hydrogen) atoms. The Labute approximate surface area is 157 Å². The van der Waals surface area contributed by atoms with Crippen LogP contribution in [0.2, 0.25) is 0 Å². The van der Waals surface area contributed by atoms with Crippen LogP contribution in [0.5, 0.6) is 0 Å². The zero-order valence-corrected chi connectivity index (χ0v) is 15.4. The van der Waals surface area contributed by atoms with Crippen LogP contribution in [0.1, 0.15) is 31.9 Å². The van der Waals surface area contributed by atoms with Crippen LogP contribution in [0.4, 0.5) is 5.82 Å². The largest absolute Gasteiger partial charge is 0.368 e. The third-order valence-electron chi connectivity index (χ3n) is 4.39. The molecule has 0 unspecified atom stereocenters. The number of hydrogen-bond donors (Lipinski definition) is 2. The molecule has 0 saturated heterocycles. The first kappa shape index (κ1) is 17.1. The van der Waals surface area contributed by atoms with E-state index in [4.69, 9.17) is 9.97 Å². The smallest absolute Gasteiger partial charge is 0.166 e. The van der Waals surface area contributed by atoms with Gasteiger partial charge in [0.05, 0.1) is 12.5 Å². The van der Waals surface area contributed by atoms with E-state index in [0.29, 0.717) is 5.82 Å². The SMILES string of the molecule is CC(C)n1cnc2c(NCCCc3cn[nH]c3)nc(-c3cccnc3)nc21. The summed E-state index contributed by atoms with van der Waals surface area (Å²) in [5.74, 6) is 1.40. The Balaban J connectivity index is 1.63. The third kappa shape index (κ3) is 3.64. The number of aryl methyl sites for hydroxylation is 1. The quantitative estimate of drug-likeness (QED) is 0.490. The van der Waals surface area contributed by atoms with Gasteiger partial charge in [0.2, 0.25) is 0 Å². The lowest BCUT2D eigenvalue weighted by molar-refractivity contribution is 0.613. The maximum atomic E-state index is 4.75. The molecule has 0 aromatic carbocycles. The molecule has 0 aliphatic heterocycles. The molecule has 4 aromatic rings. The lowest BCUT2D eigenvalue weighted by Crippen LogP contribution is -2.08. The van der Waals surface area contributed by atoms with Crippen LogP contribution in [0, 0.1) is 0 Å². The molecule has 8 heteroatoms. The average Bonchev–Trinajstić information content (AvgIpc) is 3.35. The average molecular weight is 362 g/mol. The Hall–Kier alpha value is -3.29. The van der Waals surface area contributed by atoms with Crippen molar-refractivity contribution in [2.45, 2.75) is 32.7 Å². The zero-order valence-electron chi connectivity index (χ0n) is 15.4. The van der Waals surface area contributed by atoms with Crippen LogP contribution in [-0.4, -0.2) is 41.2 Å². The van der Waals surface area contributed by atoms with Gasteiger partial charge in [-0.25, -0.2) is 15.0 Å². The number of aromatic amines is 1. The molecule has 0 aliphatic rings. The summed E-state index contributed by atoms with van der Waals surface area (Å²) in [7, 11) is 0. The summed E-state index contributed by atoms with van der Waals surface area (Å²) in [5.41, 5.74) is 3.71. The molecule has 0 radical (unpaired) electrons. The van der Waals surface area contributed by atoms with Gasteiger partial charge in [-0.3, -0.25) is 10.1 Å². The minimum absolute atomic E-state index is 0.264. The molecular weight excluding hydrogens is 340 g/mol. The fourth-order valence-electron chi connectivity index (χ4n) is 2.96. The van der Waals surface area contributed by atoms with Crippen molar-refractivity contribution in [1.29, 1.82) is 0 Å². The van der Waals surface area contributed by atoms with Crippen molar-refractivity contribution in [3.05, 3.63) is 48.8 Å². The first-order valence-electron chi connectivity index (χ1n) is 9.09. The Morgan fingerprint density at radius 1 is 1.22 bits per heavy atom. The van der Waals surface area contributed by atoms with E-state index in [2.05, 4.69) is 43.9 Å². The van der Waals surface area contributed by atoms with Gasteiger partial charge in [-0.05, 0) is 44.4 Å². The van der Waals surface area contributed by atoms with Gasteiger partial charge in [0.1, 0.15) is 5.52 Å². The summed E-state index contributed by atoms with van der Waals surface area (Å²) >= 11 is 0. The molecule has 4 rings (SSSR count). The van der Waals surface area contributed by atoms with Gasteiger partial charge in [0.15, 0.2) is 17.3 Å². The lowest BCUT2D eigenvalue weighted by atomic mass is 10.2. The van der Waals surface area contributed by atoms with E-state index in [0.717, 1.165) is 41.9 Å². The highest BCUT2D eigenvalue weighted by molar-refractivity contribution is 5.85. The van der Waals surface area contributed by atoms with Crippen LogP contribution < -0.4 is 5.32 Å². The minimum atomic E-state index is 0.264. The normalized spacial score (nSPS) is 11.4. The second kappa shape index (κ2) is 7.53. The Morgan fingerprint density at radius 2 is 2.15 bits per heavy atom. The number of nitrogens with one attached hydrogen (secondary N) is 2. The molecule has 0 saturated carbocycles. The summed E-state index contributed by atoms with van der Waals surface area (Å²) in [6.45, 7) is 5.02. The third-order valence-corrected chi connectivity index (χ3v) is 4.39. The summed E-state index contributed by atoms with van der Waals surface area (Å²) in [5, 5.41) is 10.3. The number of anilines is 1. The molecule has 0 amide bonds. The summed E-state index contributed by atoms with van der Waals surface area (Å²) < 4.78 is 2.06. The molecule has 4 heterocycles. The summed E-state index contributed by atoms with van der Waals surface area (Å²) in [6.07, 6.45) is 11.1. The van der Waals surface area contributed by atoms with Gasteiger partial charge in [-0.15, -0.1) is 0 Å². The predicted molar refractivity (Wildman–Crippen MR) is 104 cm³/mol. The second-order valence-corrected chi connectivity index (χ2v) is 6.69. The van der Waals surface area contributed by atoms with Gasteiger partial charge < -0.3 is 9.88 Å². The Kier molecular flexibility index (Phi) is 4.78. The van der Waals surface area contributed by atoms with E-state index in [-0.39, 0.29) is 6.04 Å². The van der Waals surface area contributed by atoms with Crippen molar-refractivity contribution < 1.29 is 0 Å². The van der Waals surface area contributed by atoms with Gasteiger partial charge >= 0.3 is 0 Å². The molecule has 0 bridgehead atoms. The van der Waals surface area contributed by atoms with Crippen molar-refractivity contribution in [3.63, 3.8) is 0 Å². The lowest BCUT2D eigenvalue weighted by Gasteiger charge is -2.11. The van der Waals surface area contributed by atoms with Gasteiger partial charge in [-0.2, -0.15) is 5.10 Å². The molecule has 0 atom stereocenters. The van der Waals surface area contributed by atoms with Crippen LogP contribution in [0.3, 0.4) is 0 Å². The molecule has 0 fully saturated rings. The monoisotopic (exact) mass is 362 g/mol. The van der Waals surface area contributed by atoms with Crippen LogP contribution in [-0.2, 0) is 6.42 Å². The van der Waals surface area contributed by atoms with Gasteiger partial charge in [0, 0.05) is 36.7 Å². The minimum Gasteiger partial charge on any atom is -0.368 e. The van der Waals surface area contributed by atoms with E-state index < -0.39 is 0 Å². The fraction of sp³-hybridized carbons (Fsp3) is 0.316. The highest BCUT2D eigenvalue weighted by atomic mass is 15.2. The van der Waals surface area contributed by atoms with E-state index in [1.165, 1.54) is 5.56 Å². The highest BCUT2D eigenvalue weighted by Gasteiger charge is 2.15. The molecule has 4 aromatic heterocycles. The van der Waals surface area contributed by atoms with Crippen molar-refractivity contribution in [3.8, 4) is 11.4 Å². The van der Waals surface area contributed by atoms with Crippen molar-refractivity contribution in [1.82, 2.24) is 34.7 Å². The molecule has 0 aliphatic carbocycles. The topological polar surface area (TPSA) is 97.2 Å². The van der Waals surface area contributed by atoms with Gasteiger partial charge in [0.25, 0.3) is 0 Å². The Bertz CT molecular complexity index is 1010. The molecule has 138 valence electrons. The number of H-pyrrole nitrogens is 1. The van der Waals surface area contributed by atoms with E-state index in [9.17, 15) is 0 Å². The molecular formula is C19H22N8. The Morgan fingerprint density at radius 3 is 2.89 bits per heavy atom. The maximum Gasteiger partial charge on any atom is 0.166 e. The first-order valence-corrected chi connectivity index (χ1v) is 9.09. The van der Waals surface area contributed by atoms with Crippen LogP contribution in [0.25, 0.3) is 22.6 Å². The number of nitrogens with zero attached hydrogens (tertiary/aromatic N) is 6. The van der Waals surface area contributed by atoms with Crippen molar-refractivity contribution in [2.75, 3.05) is 11.9 Å². The fourth-order valence-corrected chi connectivity index (χ4v) is 2.96. The number of pyridine rings is 1. The molecule has 0 spiro atoms. The van der Waals surface area contributed by atoms with Gasteiger partial charge in [-0.1, -0.05) is 0 Å². The summed E-state index contributed by atoms with van der Waals surface area (Å²) in [4.78, 5) is 18.2. The number of fused-ring (bicyclic) bond motifs is 1. The van der Waals surface area contributed by atoms with Crippen molar-refractivity contribution in [2.24, 2.45) is 0 Å². The maximum absolute atomic E-state index is 4.75. The standard InChI is InChI=1S/C19H22N8/c1-13(2)27-12-22-16-18(21-8-3-5-14-9-23-24-10-14)25-17(26-19(16)27)15-6-4-7-20-11-15/h4,6-7,9-13H,3,5,8H2,1-2H3,(H,23,24)(H,21,25,26). The highest BCUT2D eigenvalue weighted by Crippen LogP contribution is 2.25. The number of hydrogen-bond acceptors (Lipinski definition) is 6. The van der Waals surface area contributed by atoms with Crippen molar-refractivity contribution >= 4 is 17.0 Å². The number of imidazole rings is 1. The van der Waals surface area contributed by atoms with Crippen LogP contribution in [0.15, 0.2) is 43.2 Å². The molecule has 8 nitrogen and oxygen atoms in total. The second-order valence-electron chi connectivity index (χ2n) is 6.69. The number of rotatable bonds is 7. The first-order chi connectivity index (χ1) is 13.2. The van der Waals surface area contributed by atoms with E-state index in [1.54, 1.807) is 12.4 Å². The summed E-state index contributed by atoms with van der Waals surface area (Å²) in [6, 6.07) is 4.12. The predicted octanol–water partition coefficient (Wildman–Crippen LogP) is 3.24. The van der Waals surface area contributed by atoms with Crippen LogP contribution >= 0.6 is 0 Å². The van der Waals surface area contributed by atoms with E-state index in [1.807, 2.05) is 30.9 Å². The van der Waals surface area contributed by atoms with E-state index >= 15 is 0 Å². The molecule has 2 N–H and O–H groups in total. The zero-order chi connectivity index (χ0) is 18.6.